The highest BCUT2D eigenvalue weighted by Crippen LogP contribution is 2.37. The van der Waals surface area contributed by atoms with Crippen LogP contribution in [0, 0.1) is 6.92 Å². The van der Waals surface area contributed by atoms with E-state index in [0.29, 0.717) is 5.92 Å². The van der Waals surface area contributed by atoms with Gasteiger partial charge in [0.15, 0.2) is 5.65 Å². The molecule has 1 N–H and O–H groups in total. The first-order valence-corrected chi connectivity index (χ1v) is 11.2. The van der Waals surface area contributed by atoms with E-state index in [9.17, 15) is 0 Å². The summed E-state index contributed by atoms with van der Waals surface area (Å²) < 4.78 is 7.63. The van der Waals surface area contributed by atoms with E-state index in [2.05, 4.69) is 44.3 Å². The molecule has 0 spiro atoms. The Bertz CT molecular complexity index is 1070. The highest BCUT2D eigenvalue weighted by Gasteiger charge is 2.26. The van der Waals surface area contributed by atoms with E-state index < -0.39 is 0 Å². The number of ether oxygens (including phenoxy) is 1. The topological polar surface area (TPSA) is 71.3 Å². The molecule has 31 heavy (non-hydrogen) atoms. The van der Waals surface area contributed by atoms with Crippen LogP contribution in [-0.4, -0.2) is 66.1 Å². The molecule has 3 aromatic rings. The Hall–Kier alpha value is -2.87. The number of aryl methyl sites for hydroxylation is 2. The number of rotatable bonds is 4. The highest BCUT2D eigenvalue weighted by molar-refractivity contribution is 5.89. The van der Waals surface area contributed by atoms with Gasteiger partial charge >= 0.3 is 0 Å². The van der Waals surface area contributed by atoms with Crippen molar-refractivity contribution in [2.45, 2.75) is 25.7 Å². The molecule has 0 unspecified atom stereocenters. The van der Waals surface area contributed by atoms with Gasteiger partial charge in [0.25, 0.3) is 0 Å². The molecule has 0 radical (unpaired) electrons. The molecule has 8 nitrogen and oxygen atoms in total. The minimum absolute atomic E-state index is 0.413. The van der Waals surface area contributed by atoms with Crippen LogP contribution in [0.4, 0.5) is 11.4 Å². The average molecular weight is 422 g/mol. The summed E-state index contributed by atoms with van der Waals surface area (Å²) in [6.07, 6.45) is 6.07. The van der Waals surface area contributed by atoms with Crippen molar-refractivity contribution in [2.24, 2.45) is 7.05 Å². The summed E-state index contributed by atoms with van der Waals surface area (Å²) >= 11 is 0. The molecule has 5 rings (SSSR count). The summed E-state index contributed by atoms with van der Waals surface area (Å²) in [7, 11) is 3.71. The largest absolute Gasteiger partial charge is 0.495 e. The predicted molar refractivity (Wildman–Crippen MR) is 123 cm³/mol. The van der Waals surface area contributed by atoms with E-state index in [1.54, 1.807) is 7.11 Å². The molecule has 8 heteroatoms. The lowest BCUT2D eigenvalue weighted by molar-refractivity contribution is 0.392. The third-order valence-electron chi connectivity index (χ3n) is 6.60. The van der Waals surface area contributed by atoms with Gasteiger partial charge in [0, 0.05) is 64.0 Å². The second kappa shape index (κ2) is 8.34. The van der Waals surface area contributed by atoms with E-state index in [1.165, 1.54) is 5.69 Å². The molecule has 3 aromatic heterocycles. The molecule has 0 atom stereocenters. The zero-order chi connectivity index (χ0) is 21.4. The monoisotopic (exact) mass is 421 g/mol. The fraction of sp³-hybridized carbons (Fsp3) is 0.522. The van der Waals surface area contributed by atoms with E-state index in [4.69, 9.17) is 9.72 Å². The van der Waals surface area contributed by atoms with Crippen LogP contribution >= 0.6 is 0 Å². The average Bonchev–Trinajstić information content (AvgIpc) is 3.19. The number of hydrogen-bond donors (Lipinski definition) is 1. The van der Waals surface area contributed by atoms with Crippen LogP contribution in [0.1, 0.15) is 30.1 Å². The lowest BCUT2D eigenvalue weighted by atomic mass is 9.92. The van der Waals surface area contributed by atoms with Crippen LogP contribution in [-0.2, 0) is 7.05 Å². The Balaban J connectivity index is 1.34. The second-order valence-corrected chi connectivity index (χ2v) is 8.57. The summed E-state index contributed by atoms with van der Waals surface area (Å²) in [5, 5.41) is 8.95. The van der Waals surface area contributed by atoms with E-state index >= 15 is 0 Å². The van der Waals surface area contributed by atoms with E-state index in [1.807, 2.05) is 24.1 Å². The van der Waals surface area contributed by atoms with Gasteiger partial charge in [-0.15, -0.1) is 0 Å². The minimum Gasteiger partial charge on any atom is -0.495 e. The molecule has 2 aliphatic rings. The molecule has 2 aliphatic heterocycles. The Kier molecular flexibility index (Phi) is 5.40. The first-order valence-electron chi connectivity index (χ1n) is 11.2. The Morgan fingerprint density at radius 3 is 2.55 bits per heavy atom. The minimum atomic E-state index is 0.413. The second-order valence-electron chi connectivity index (χ2n) is 8.57. The number of methoxy groups -OCH3 is 1. The number of nitrogens with zero attached hydrogens (tertiary/aromatic N) is 6. The molecule has 0 aliphatic carbocycles. The first-order chi connectivity index (χ1) is 15.1. The van der Waals surface area contributed by atoms with Gasteiger partial charge in [0.05, 0.1) is 42.0 Å². The summed E-state index contributed by atoms with van der Waals surface area (Å²) in [6.45, 7) is 8.08. The maximum absolute atomic E-state index is 5.78. The van der Waals surface area contributed by atoms with Crippen LogP contribution in [0.25, 0.3) is 11.0 Å². The molecule has 2 saturated heterocycles. The Labute approximate surface area is 183 Å². The predicted octanol–water partition coefficient (Wildman–Crippen LogP) is 2.47. The van der Waals surface area contributed by atoms with Gasteiger partial charge in [0.1, 0.15) is 5.75 Å². The number of piperazine rings is 1. The zero-order valence-corrected chi connectivity index (χ0v) is 18.6. The molecule has 2 fully saturated rings. The third-order valence-corrected chi connectivity index (χ3v) is 6.60. The van der Waals surface area contributed by atoms with Gasteiger partial charge in [-0.1, -0.05) is 0 Å². The van der Waals surface area contributed by atoms with Crippen molar-refractivity contribution < 1.29 is 4.74 Å². The Morgan fingerprint density at radius 1 is 1.03 bits per heavy atom. The molecule has 0 aromatic carbocycles. The number of pyridine rings is 2. The molecule has 5 heterocycles. The zero-order valence-electron chi connectivity index (χ0n) is 18.6. The summed E-state index contributed by atoms with van der Waals surface area (Å²) in [4.78, 5) is 14.4. The number of piperidine rings is 1. The maximum atomic E-state index is 5.78. The smallest absolute Gasteiger partial charge is 0.159 e. The standard InChI is InChI=1S/C23H31N7O/c1-16-12-20(19-15-26-28(2)23(19)27-16)30-8-4-17(5-9-30)22-21(31-3)13-18(14-25-22)29-10-6-24-7-11-29/h12-15,17,24H,4-11H2,1-3H3. The lowest BCUT2D eigenvalue weighted by Gasteiger charge is -2.34. The first kappa shape index (κ1) is 20.1. The van der Waals surface area contributed by atoms with Crippen LogP contribution in [0.2, 0.25) is 0 Å². The van der Waals surface area contributed by atoms with Crippen LogP contribution < -0.4 is 19.9 Å². The van der Waals surface area contributed by atoms with Crippen molar-refractivity contribution >= 4 is 22.4 Å². The van der Waals surface area contributed by atoms with Gasteiger partial charge < -0.3 is 19.9 Å². The van der Waals surface area contributed by atoms with Crippen molar-refractivity contribution in [1.29, 1.82) is 0 Å². The molecule has 0 amide bonds. The van der Waals surface area contributed by atoms with Crippen molar-refractivity contribution in [3.8, 4) is 5.75 Å². The van der Waals surface area contributed by atoms with E-state index in [-0.39, 0.29) is 0 Å². The van der Waals surface area contributed by atoms with Crippen LogP contribution in [0.15, 0.2) is 24.5 Å². The lowest BCUT2D eigenvalue weighted by Crippen LogP contribution is -2.43. The fourth-order valence-electron chi connectivity index (χ4n) is 4.89. The van der Waals surface area contributed by atoms with Gasteiger partial charge in [-0.3, -0.25) is 9.67 Å². The number of fused-ring (bicyclic) bond motifs is 1. The van der Waals surface area contributed by atoms with Crippen molar-refractivity contribution in [3.63, 3.8) is 0 Å². The van der Waals surface area contributed by atoms with Gasteiger partial charge in [-0.05, 0) is 25.8 Å². The van der Waals surface area contributed by atoms with Crippen LogP contribution in [0.3, 0.4) is 0 Å². The molecule has 0 bridgehead atoms. The highest BCUT2D eigenvalue weighted by atomic mass is 16.5. The fourth-order valence-corrected chi connectivity index (χ4v) is 4.89. The van der Waals surface area contributed by atoms with Crippen molar-refractivity contribution in [2.75, 3.05) is 56.2 Å². The number of aromatic nitrogens is 4. The normalized spacial score (nSPS) is 18.0. The molecule has 0 saturated carbocycles. The SMILES string of the molecule is COc1cc(N2CCNCC2)cnc1C1CCN(c2cc(C)nc3c2cnn3C)CC1. The number of nitrogens with one attached hydrogen (secondary N) is 1. The summed E-state index contributed by atoms with van der Waals surface area (Å²) in [5.74, 6) is 1.33. The molecular weight excluding hydrogens is 390 g/mol. The quantitative estimate of drug-likeness (QED) is 0.694. The number of hydrogen-bond acceptors (Lipinski definition) is 7. The van der Waals surface area contributed by atoms with Crippen LogP contribution in [0.5, 0.6) is 5.75 Å². The summed E-state index contributed by atoms with van der Waals surface area (Å²) in [6, 6.07) is 4.36. The molecule has 164 valence electrons. The Morgan fingerprint density at radius 2 is 1.81 bits per heavy atom. The summed E-state index contributed by atoms with van der Waals surface area (Å²) in [5.41, 5.74) is 5.47. The third kappa shape index (κ3) is 3.80. The van der Waals surface area contributed by atoms with Gasteiger partial charge in [0.2, 0.25) is 0 Å². The van der Waals surface area contributed by atoms with Gasteiger partial charge in [-0.2, -0.15) is 5.10 Å². The van der Waals surface area contributed by atoms with E-state index in [0.717, 1.165) is 86.0 Å². The van der Waals surface area contributed by atoms with Crippen molar-refractivity contribution in [3.05, 3.63) is 35.9 Å². The molecular formula is C23H31N7O. The number of anilines is 2. The maximum Gasteiger partial charge on any atom is 0.159 e. The van der Waals surface area contributed by atoms with Crippen molar-refractivity contribution in [1.82, 2.24) is 25.1 Å². The van der Waals surface area contributed by atoms with Gasteiger partial charge in [-0.25, -0.2) is 4.98 Å².